The Hall–Kier alpha value is -1.99. The lowest BCUT2D eigenvalue weighted by molar-refractivity contribution is -0.809. The van der Waals surface area contributed by atoms with Crippen molar-refractivity contribution in [1.29, 1.82) is 0 Å². The predicted molar refractivity (Wildman–Crippen MR) is 66.8 cm³/mol. The van der Waals surface area contributed by atoms with E-state index in [1.54, 1.807) is 0 Å². The fourth-order valence-corrected chi connectivity index (χ4v) is 2.72. The van der Waals surface area contributed by atoms with Crippen LogP contribution >= 0.6 is 0 Å². The summed E-state index contributed by atoms with van der Waals surface area (Å²) in [4.78, 5) is 42.0. The summed E-state index contributed by atoms with van der Waals surface area (Å²) in [6.45, 7) is -1.43. The highest BCUT2D eigenvalue weighted by Crippen LogP contribution is 2.25. The fourth-order valence-electron chi connectivity index (χ4n) is 1.60. The van der Waals surface area contributed by atoms with E-state index in [-0.39, 0.29) is 0 Å². The summed E-state index contributed by atoms with van der Waals surface area (Å²) in [7, 11) is 0. The van der Waals surface area contributed by atoms with E-state index in [4.69, 9.17) is 10.8 Å². The van der Waals surface area contributed by atoms with E-state index in [9.17, 15) is 34.4 Å². The standard InChI is InChI=1S/C8H12N4O8S/c9-5(7(14)15)1-21(20)2-6(13)10-3-8(4-10,11(16)17)12(18)19/h5H,1-4,9H2,(H,14,15)/t5-,21?/m1/s1. The van der Waals surface area contributed by atoms with Crippen molar-refractivity contribution in [1.82, 2.24) is 4.90 Å². The van der Waals surface area contributed by atoms with Gasteiger partial charge in [0.05, 0.1) is 0 Å². The monoisotopic (exact) mass is 324 g/mol. The number of amides is 1. The zero-order valence-electron chi connectivity index (χ0n) is 10.5. The molecule has 0 aromatic heterocycles. The van der Waals surface area contributed by atoms with Gasteiger partial charge in [0.25, 0.3) is 5.91 Å². The molecule has 12 nitrogen and oxygen atoms in total. The average Bonchev–Trinajstić information content (AvgIpc) is 2.25. The van der Waals surface area contributed by atoms with Gasteiger partial charge in [-0.1, -0.05) is 0 Å². The third-order valence-electron chi connectivity index (χ3n) is 2.89. The van der Waals surface area contributed by atoms with Crippen LogP contribution in [0.1, 0.15) is 0 Å². The molecule has 0 aromatic rings. The van der Waals surface area contributed by atoms with Crippen LogP contribution in [0, 0.1) is 20.2 Å². The molecule has 0 bridgehead atoms. The van der Waals surface area contributed by atoms with Crippen LogP contribution in [-0.2, 0) is 20.8 Å². The quantitative estimate of drug-likeness (QED) is 0.216. The zero-order valence-corrected chi connectivity index (χ0v) is 11.4. The third-order valence-corrected chi connectivity index (χ3v) is 4.19. The fraction of sp³-hybridized carbons (Fsp3) is 0.750. The minimum Gasteiger partial charge on any atom is -0.616 e. The summed E-state index contributed by atoms with van der Waals surface area (Å²) in [6, 6.07) is -1.40. The second-order valence-electron chi connectivity index (χ2n) is 4.44. The Morgan fingerprint density at radius 2 is 1.81 bits per heavy atom. The molecule has 1 saturated heterocycles. The van der Waals surface area contributed by atoms with Gasteiger partial charge in [-0.15, -0.1) is 0 Å². The summed E-state index contributed by atoms with van der Waals surface area (Å²) in [5.74, 6) is -3.21. The second kappa shape index (κ2) is 6.19. The number of carboxylic acid groups (broad SMARTS) is 1. The lowest BCUT2D eigenvalue weighted by Crippen LogP contribution is -2.71. The molecule has 1 rings (SSSR count). The van der Waals surface area contributed by atoms with Crippen molar-refractivity contribution >= 4 is 23.1 Å². The van der Waals surface area contributed by atoms with Gasteiger partial charge in [0.15, 0.2) is 18.8 Å². The average molecular weight is 324 g/mol. The molecule has 3 N–H and O–H groups in total. The Balaban J connectivity index is 2.51. The molecule has 118 valence electrons. The van der Waals surface area contributed by atoms with Gasteiger partial charge in [-0.2, -0.15) is 0 Å². The number of nitrogens with zero attached hydrogens (tertiary/aromatic N) is 3. The smallest absolute Gasteiger partial charge is 0.492 e. The number of carbonyl (C=O) groups excluding carboxylic acids is 1. The number of carboxylic acids is 1. The van der Waals surface area contributed by atoms with E-state index in [2.05, 4.69) is 0 Å². The molecule has 0 spiro atoms. The van der Waals surface area contributed by atoms with Crippen molar-refractivity contribution < 1.29 is 29.1 Å². The number of likely N-dealkylation sites (tertiary alicyclic amines) is 1. The lowest BCUT2D eigenvalue weighted by Gasteiger charge is -2.35. The number of aliphatic carboxylic acids is 1. The SMILES string of the molecule is N[C@H](C[S+]([O-])CC(=O)N1CC([N+](=O)[O-])([N+](=O)[O-])C1)C(=O)O. The molecule has 1 heterocycles. The molecule has 0 aliphatic carbocycles. The van der Waals surface area contributed by atoms with Crippen LogP contribution < -0.4 is 5.73 Å². The summed E-state index contributed by atoms with van der Waals surface area (Å²) < 4.78 is 11.5. The van der Waals surface area contributed by atoms with Crippen LogP contribution in [0.3, 0.4) is 0 Å². The Bertz CT molecular complexity index is 463. The molecule has 0 radical (unpaired) electrons. The van der Waals surface area contributed by atoms with Crippen LogP contribution in [0.5, 0.6) is 0 Å². The van der Waals surface area contributed by atoms with E-state index in [0.29, 0.717) is 0 Å². The minimum absolute atomic E-state index is 0.454. The topological polar surface area (TPSA) is 193 Å². The van der Waals surface area contributed by atoms with Gasteiger partial charge >= 0.3 is 11.6 Å². The van der Waals surface area contributed by atoms with Crippen molar-refractivity contribution in [2.75, 3.05) is 24.6 Å². The van der Waals surface area contributed by atoms with E-state index in [0.717, 1.165) is 4.90 Å². The summed E-state index contributed by atoms with van der Waals surface area (Å²) in [5, 5.41) is 29.8. The summed E-state index contributed by atoms with van der Waals surface area (Å²) in [5.41, 5.74) is 2.72. The Morgan fingerprint density at radius 1 is 1.33 bits per heavy atom. The number of nitro groups is 2. The first-order chi connectivity index (χ1) is 9.60. The molecule has 1 amide bonds. The maximum absolute atomic E-state index is 11.6. The number of rotatable bonds is 7. The molecular weight excluding hydrogens is 312 g/mol. The van der Waals surface area contributed by atoms with Crippen LogP contribution in [0.4, 0.5) is 0 Å². The first-order valence-corrected chi connectivity index (χ1v) is 6.99. The van der Waals surface area contributed by atoms with E-state index in [1.807, 2.05) is 0 Å². The van der Waals surface area contributed by atoms with Crippen LogP contribution in [0.2, 0.25) is 0 Å². The second-order valence-corrected chi connectivity index (χ2v) is 5.94. The minimum atomic E-state index is -2.42. The van der Waals surface area contributed by atoms with Crippen molar-refractivity contribution in [3.63, 3.8) is 0 Å². The van der Waals surface area contributed by atoms with Gasteiger partial charge in [0.1, 0.15) is 21.6 Å². The van der Waals surface area contributed by atoms with Gasteiger partial charge in [-0.05, 0) is 11.2 Å². The number of carbonyl (C=O) groups is 2. The molecule has 13 heteroatoms. The lowest BCUT2D eigenvalue weighted by atomic mass is 10.0. The molecule has 2 atom stereocenters. The maximum Gasteiger partial charge on any atom is 0.492 e. The highest BCUT2D eigenvalue weighted by Gasteiger charge is 2.67. The predicted octanol–water partition coefficient (Wildman–Crippen LogP) is -2.76. The van der Waals surface area contributed by atoms with Gasteiger partial charge in [0, 0.05) is 0 Å². The normalized spacial score (nSPS) is 19.2. The van der Waals surface area contributed by atoms with E-state index < -0.39 is 69.2 Å². The number of nitrogens with two attached hydrogens (primary N) is 1. The van der Waals surface area contributed by atoms with Gasteiger partial charge in [-0.3, -0.25) is 29.8 Å². The van der Waals surface area contributed by atoms with Crippen molar-refractivity contribution in [3.05, 3.63) is 20.2 Å². The third kappa shape index (κ3) is 3.56. The molecule has 1 fully saturated rings. The highest BCUT2D eigenvalue weighted by atomic mass is 32.2. The van der Waals surface area contributed by atoms with Crippen LogP contribution in [-0.4, -0.2) is 72.6 Å². The van der Waals surface area contributed by atoms with Crippen molar-refractivity contribution in [2.45, 2.75) is 11.7 Å². The van der Waals surface area contributed by atoms with Crippen LogP contribution in [0.15, 0.2) is 0 Å². The highest BCUT2D eigenvalue weighted by molar-refractivity contribution is 7.92. The molecule has 21 heavy (non-hydrogen) atoms. The Kier molecular flexibility index (Phi) is 5.03. The molecule has 1 aliphatic heterocycles. The summed E-state index contributed by atoms with van der Waals surface area (Å²) in [6.07, 6.45) is 0. The van der Waals surface area contributed by atoms with Crippen LogP contribution in [0.25, 0.3) is 0 Å². The molecule has 0 aromatic carbocycles. The van der Waals surface area contributed by atoms with Gasteiger partial charge in [-0.25, -0.2) is 0 Å². The summed E-state index contributed by atoms with van der Waals surface area (Å²) >= 11 is -1.87. The van der Waals surface area contributed by atoms with Gasteiger partial charge in [0.2, 0.25) is 0 Å². The molecule has 1 unspecified atom stereocenters. The maximum atomic E-state index is 11.6. The van der Waals surface area contributed by atoms with E-state index >= 15 is 0 Å². The Labute approximate surface area is 120 Å². The largest absolute Gasteiger partial charge is 0.616 e. The first kappa shape index (κ1) is 17.1. The molecule has 0 saturated carbocycles. The molecule has 1 aliphatic rings. The first-order valence-electron chi connectivity index (χ1n) is 5.50. The van der Waals surface area contributed by atoms with Crippen molar-refractivity contribution in [2.24, 2.45) is 5.73 Å². The zero-order chi connectivity index (χ0) is 16.4. The van der Waals surface area contributed by atoms with Gasteiger partial charge < -0.3 is 20.3 Å². The Morgan fingerprint density at radius 3 is 2.19 bits per heavy atom. The number of hydrogen-bond donors (Lipinski definition) is 2. The number of hydrogen-bond acceptors (Lipinski definition) is 8. The molecular formula is C8H12N4O8S. The van der Waals surface area contributed by atoms with E-state index in [1.165, 1.54) is 0 Å². The van der Waals surface area contributed by atoms with Crippen molar-refractivity contribution in [3.8, 4) is 0 Å².